The van der Waals surface area contributed by atoms with E-state index in [2.05, 4.69) is 0 Å². The summed E-state index contributed by atoms with van der Waals surface area (Å²) >= 11 is 0. The summed E-state index contributed by atoms with van der Waals surface area (Å²) in [4.78, 5) is 9.54. The number of nitroso groups, excluding NO2 is 1. The fraction of sp³-hybridized carbons (Fsp3) is 1.00. The highest BCUT2D eigenvalue weighted by Gasteiger charge is 1.87. The number of nitrogens with one attached hydrogen (secondary N) is 1. The summed E-state index contributed by atoms with van der Waals surface area (Å²) in [5.74, 6) is 0. The highest BCUT2D eigenvalue weighted by atomic mass is 127. The van der Waals surface area contributed by atoms with Crippen molar-refractivity contribution in [3.05, 3.63) is 10.1 Å². The predicted octanol–water partition coefficient (Wildman–Crippen LogP) is -4.34. The molecule has 0 aliphatic rings. The molecule has 56 valence electrons. The van der Waals surface area contributed by atoms with Gasteiger partial charge < -0.3 is 34.2 Å². The number of nitrogens with zero attached hydrogens (tertiary/aromatic N) is 1. The zero-order valence-electron chi connectivity index (χ0n) is 5.26. The molecular weight excluding hydrogens is 235 g/mol. The summed E-state index contributed by atoms with van der Waals surface area (Å²) in [5, 5.41) is 12.6. The van der Waals surface area contributed by atoms with Crippen molar-refractivity contribution in [1.29, 1.82) is 0 Å². The fourth-order valence-electron chi connectivity index (χ4n) is 0.374. The molecule has 0 bridgehead atoms. The van der Waals surface area contributed by atoms with Crippen LogP contribution in [0, 0.1) is 10.1 Å². The van der Waals surface area contributed by atoms with Crippen molar-refractivity contribution in [3.63, 3.8) is 0 Å². The van der Waals surface area contributed by atoms with E-state index >= 15 is 0 Å². The number of rotatable bonds is 4. The van der Waals surface area contributed by atoms with Gasteiger partial charge in [-0.2, -0.15) is 0 Å². The third-order valence-electron chi connectivity index (χ3n) is 0.752. The topological polar surface area (TPSA) is 57.3 Å². The average Bonchev–Trinajstić information content (AvgIpc) is 1.66. The maximum Gasteiger partial charge on any atom is 0.190 e. The molecule has 0 saturated heterocycles. The van der Waals surface area contributed by atoms with Gasteiger partial charge in [-0.1, -0.05) is 0 Å². The lowest BCUT2D eigenvalue weighted by Gasteiger charge is -2.19. The predicted molar refractivity (Wildman–Crippen MR) is 29.8 cm³/mol. The lowest BCUT2D eigenvalue weighted by Crippen LogP contribution is -3.00. The summed E-state index contributed by atoms with van der Waals surface area (Å²) in [6.45, 7) is 0.793. The van der Waals surface area contributed by atoms with E-state index in [1.54, 1.807) is 5.18 Å². The molecule has 0 aliphatic carbocycles. The minimum absolute atomic E-state index is 0. The first-order valence-corrected chi connectivity index (χ1v) is 2.50. The Morgan fingerprint density at radius 3 is 2.56 bits per heavy atom. The number of halogens is 1. The molecule has 0 atom stereocenters. The van der Waals surface area contributed by atoms with Gasteiger partial charge in [0.15, 0.2) is 6.54 Å². The molecule has 0 aromatic heterocycles. The molecule has 0 radical (unpaired) electrons. The Morgan fingerprint density at radius 1 is 1.67 bits per heavy atom. The van der Waals surface area contributed by atoms with Crippen molar-refractivity contribution < 1.29 is 29.2 Å². The minimum Gasteiger partial charge on any atom is -1.00 e. The summed E-state index contributed by atoms with van der Waals surface area (Å²) in [5.41, 5.74) is 0. The Balaban J connectivity index is 0. The Kier molecular flexibility index (Phi) is 11.0. The van der Waals surface area contributed by atoms with Gasteiger partial charge in [0, 0.05) is 11.3 Å². The summed E-state index contributed by atoms with van der Waals surface area (Å²) in [6, 6.07) is 0. The van der Waals surface area contributed by atoms with Gasteiger partial charge in [-0.05, 0) is 18.8 Å². The minimum atomic E-state index is 0. The van der Waals surface area contributed by atoms with Crippen LogP contribution in [0.2, 0.25) is 0 Å². The second kappa shape index (κ2) is 8.25. The molecule has 4 nitrogen and oxygen atoms in total. The molecule has 1 N–H and O–H groups in total. The zero-order chi connectivity index (χ0) is 6.41. The van der Waals surface area contributed by atoms with E-state index in [1.165, 1.54) is 7.05 Å². The Hall–Kier alpha value is 0.250. The Labute approximate surface area is 71.2 Å². The van der Waals surface area contributed by atoms with Crippen molar-refractivity contribution in [2.45, 2.75) is 6.42 Å². The van der Waals surface area contributed by atoms with Crippen LogP contribution < -0.4 is 29.2 Å². The van der Waals surface area contributed by atoms with Crippen LogP contribution in [0.25, 0.3) is 0 Å². The molecular formula is C4H10IN2O2-. The first-order valence-electron chi connectivity index (χ1n) is 2.50. The summed E-state index contributed by atoms with van der Waals surface area (Å²) in [7, 11) is 1.44. The second-order valence-corrected chi connectivity index (χ2v) is 1.60. The smallest absolute Gasteiger partial charge is 0.190 e. The molecule has 5 heteroatoms. The maximum atomic E-state index is 10.1. The number of hydrogen-bond acceptors (Lipinski definition) is 3. The average molecular weight is 245 g/mol. The highest BCUT2D eigenvalue weighted by Crippen LogP contribution is 1.77. The van der Waals surface area contributed by atoms with Gasteiger partial charge in [-0.25, -0.2) is 0 Å². The molecule has 0 fully saturated rings. The molecule has 0 saturated carbocycles. The number of hydroxylamine groups is 2. The molecule has 0 spiro atoms. The van der Waals surface area contributed by atoms with Crippen LogP contribution in [0.3, 0.4) is 0 Å². The summed E-state index contributed by atoms with van der Waals surface area (Å²) in [6.07, 6.45) is 0.615. The number of hydrogen-bond donors (Lipinski definition) is 1. The van der Waals surface area contributed by atoms with Crippen LogP contribution in [0.4, 0.5) is 0 Å². The van der Waals surface area contributed by atoms with Crippen LogP contribution in [0.15, 0.2) is 0 Å². The van der Waals surface area contributed by atoms with E-state index in [0.717, 1.165) is 5.06 Å². The first kappa shape index (κ1) is 12.0. The lowest BCUT2D eigenvalue weighted by atomic mass is 10.4. The molecule has 0 unspecified atom stereocenters. The summed E-state index contributed by atoms with van der Waals surface area (Å²) < 4.78 is 0. The monoisotopic (exact) mass is 245 g/mol. The maximum absolute atomic E-state index is 10.1. The van der Waals surface area contributed by atoms with Crippen LogP contribution in [0.5, 0.6) is 0 Å². The molecule has 0 rings (SSSR count). The normalized spacial score (nSPS) is 8.78. The quantitative estimate of drug-likeness (QED) is 0.309. The van der Waals surface area contributed by atoms with Crippen LogP contribution >= 0.6 is 0 Å². The third kappa shape index (κ3) is 11.7. The van der Waals surface area contributed by atoms with Gasteiger partial charge in [-0.15, -0.1) is 0 Å². The standard InChI is InChI=1S/C4H9N2O2.HI/c1-6(8)4-2-3-5-7;/h2-4H2,1H3;1H/q-1;. The third-order valence-corrected chi connectivity index (χ3v) is 0.752. The fourth-order valence-corrected chi connectivity index (χ4v) is 0.374. The molecule has 0 amide bonds. The van der Waals surface area contributed by atoms with Gasteiger partial charge >= 0.3 is 0 Å². The van der Waals surface area contributed by atoms with E-state index in [0.29, 0.717) is 19.5 Å². The molecule has 9 heavy (non-hydrogen) atoms. The largest absolute Gasteiger partial charge is 1.00 e. The van der Waals surface area contributed by atoms with Crippen LogP contribution in [-0.2, 0) is 0 Å². The molecule has 0 aliphatic heterocycles. The first-order chi connectivity index (χ1) is 3.77. The van der Waals surface area contributed by atoms with Crippen molar-refractivity contribution >= 4 is 0 Å². The molecule has 0 aromatic carbocycles. The zero-order valence-corrected chi connectivity index (χ0v) is 7.42. The van der Waals surface area contributed by atoms with Gasteiger partial charge in [0.2, 0.25) is 0 Å². The van der Waals surface area contributed by atoms with E-state index in [-0.39, 0.29) is 24.0 Å². The van der Waals surface area contributed by atoms with Gasteiger partial charge in [0.1, 0.15) is 0 Å². The Morgan fingerprint density at radius 2 is 2.22 bits per heavy atom. The van der Waals surface area contributed by atoms with E-state index < -0.39 is 0 Å². The second-order valence-electron chi connectivity index (χ2n) is 1.60. The van der Waals surface area contributed by atoms with Crippen molar-refractivity contribution in [3.8, 4) is 0 Å². The van der Waals surface area contributed by atoms with E-state index in [9.17, 15) is 10.1 Å². The van der Waals surface area contributed by atoms with Crippen LogP contribution in [-0.4, -0.2) is 25.2 Å². The molecule has 0 heterocycles. The van der Waals surface area contributed by atoms with Gasteiger partial charge in [0.25, 0.3) is 0 Å². The van der Waals surface area contributed by atoms with E-state index in [4.69, 9.17) is 0 Å². The van der Waals surface area contributed by atoms with Crippen molar-refractivity contribution in [2.24, 2.45) is 0 Å². The van der Waals surface area contributed by atoms with Gasteiger partial charge in [0.05, 0.1) is 0 Å². The Bertz CT molecular complexity index is 69.6. The van der Waals surface area contributed by atoms with Gasteiger partial charge in [-0.3, -0.25) is 0 Å². The van der Waals surface area contributed by atoms with Crippen LogP contribution in [0.1, 0.15) is 6.42 Å². The van der Waals surface area contributed by atoms with Crippen molar-refractivity contribution in [1.82, 2.24) is 5.06 Å². The van der Waals surface area contributed by atoms with E-state index in [1.807, 2.05) is 0 Å². The SMILES string of the molecule is CN([O-])CCC[NH+]=O.[I-]. The van der Waals surface area contributed by atoms with Crippen molar-refractivity contribution in [2.75, 3.05) is 20.1 Å². The lowest BCUT2D eigenvalue weighted by molar-refractivity contribution is -0.481. The highest BCUT2D eigenvalue weighted by molar-refractivity contribution is 4.46. The molecule has 0 aromatic rings.